The fraction of sp³-hybridized carbons (Fsp3) is 0.526. The highest BCUT2D eigenvalue weighted by atomic mass is 16.5. The third-order valence-corrected chi connectivity index (χ3v) is 3.87. The van der Waals surface area contributed by atoms with Crippen molar-refractivity contribution in [3.05, 3.63) is 35.4 Å². The molecular weight excluding hydrogens is 322 g/mol. The number of amides is 1. The number of benzene rings is 1. The summed E-state index contributed by atoms with van der Waals surface area (Å²) in [5.41, 5.74) is 1.64. The molecule has 0 saturated heterocycles. The molecule has 6 nitrogen and oxygen atoms in total. The van der Waals surface area contributed by atoms with E-state index in [9.17, 15) is 19.5 Å². The van der Waals surface area contributed by atoms with Crippen molar-refractivity contribution in [2.45, 2.75) is 39.7 Å². The van der Waals surface area contributed by atoms with Gasteiger partial charge in [-0.2, -0.15) is 0 Å². The second kappa shape index (κ2) is 9.93. The number of aryl methyl sites for hydroxylation is 1. The van der Waals surface area contributed by atoms with Crippen LogP contribution in [-0.4, -0.2) is 54.0 Å². The molecule has 1 N–H and O–H groups in total. The minimum atomic E-state index is -0.721. The average Bonchev–Trinajstić information content (AvgIpc) is 2.58. The lowest BCUT2D eigenvalue weighted by Crippen LogP contribution is -2.41. The Labute approximate surface area is 148 Å². The molecule has 2 atom stereocenters. The first kappa shape index (κ1) is 20.8. The van der Waals surface area contributed by atoms with E-state index in [-0.39, 0.29) is 37.6 Å². The van der Waals surface area contributed by atoms with Crippen molar-refractivity contribution in [1.82, 2.24) is 4.90 Å². The van der Waals surface area contributed by atoms with Crippen LogP contribution in [0.25, 0.3) is 0 Å². The lowest BCUT2D eigenvalue weighted by atomic mass is 10.0. The number of carbonyl (C=O) groups excluding carboxylic acids is 3. The Balaban J connectivity index is 2.66. The zero-order valence-corrected chi connectivity index (χ0v) is 15.3. The summed E-state index contributed by atoms with van der Waals surface area (Å²) >= 11 is 0. The van der Waals surface area contributed by atoms with E-state index in [0.29, 0.717) is 5.56 Å². The fourth-order valence-electron chi connectivity index (χ4n) is 2.47. The number of ether oxygens (including phenoxy) is 1. The van der Waals surface area contributed by atoms with E-state index in [1.165, 1.54) is 12.0 Å². The molecule has 0 spiro atoms. The summed E-state index contributed by atoms with van der Waals surface area (Å²) in [6.45, 7) is 5.42. The molecule has 6 heteroatoms. The molecular formula is C19H27NO5. The van der Waals surface area contributed by atoms with E-state index < -0.39 is 18.0 Å². The van der Waals surface area contributed by atoms with Gasteiger partial charge in [-0.3, -0.25) is 14.4 Å². The molecule has 0 radical (unpaired) electrons. The van der Waals surface area contributed by atoms with Crippen LogP contribution in [0.2, 0.25) is 0 Å². The number of methoxy groups -OCH3 is 1. The number of Topliss-reactive ketones (excluding diaryl/α,β-unsaturated/α-hetero) is 1. The summed E-state index contributed by atoms with van der Waals surface area (Å²) in [6.07, 6.45) is -0.598. The van der Waals surface area contributed by atoms with Gasteiger partial charge in [0.1, 0.15) is 0 Å². The predicted molar refractivity (Wildman–Crippen MR) is 94.2 cm³/mol. The SMILES string of the molecule is COC(=O)C(C)CN(CC(C)O)C(=O)CCC(=O)c1ccc(C)cc1. The zero-order valence-electron chi connectivity index (χ0n) is 15.3. The molecule has 2 unspecified atom stereocenters. The molecule has 0 aliphatic carbocycles. The highest BCUT2D eigenvalue weighted by Gasteiger charge is 2.23. The second-order valence-corrected chi connectivity index (χ2v) is 6.36. The summed E-state index contributed by atoms with van der Waals surface area (Å²) in [5, 5.41) is 9.58. The van der Waals surface area contributed by atoms with Crippen molar-refractivity contribution < 1.29 is 24.2 Å². The van der Waals surface area contributed by atoms with Crippen LogP contribution >= 0.6 is 0 Å². The van der Waals surface area contributed by atoms with Crippen molar-refractivity contribution in [3.63, 3.8) is 0 Å². The minimum Gasteiger partial charge on any atom is -0.469 e. The normalized spacial score (nSPS) is 13.0. The Morgan fingerprint density at radius 3 is 2.20 bits per heavy atom. The first-order chi connectivity index (χ1) is 11.7. The maximum atomic E-state index is 12.4. The van der Waals surface area contributed by atoms with Crippen LogP contribution in [-0.2, 0) is 14.3 Å². The Kier molecular flexibility index (Phi) is 8.28. The summed E-state index contributed by atoms with van der Waals surface area (Å²) in [4.78, 5) is 37.6. The van der Waals surface area contributed by atoms with Gasteiger partial charge in [-0.15, -0.1) is 0 Å². The lowest BCUT2D eigenvalue weighted by molar-refractivity contribution is -0.146. The summed E-state index contributed by atoms with van der Waals surface area (Å²) in [5.74, 6) is -1.29. The summed E-state index contributed by atoms with van der Waals surface area (Å²) in [6, 6.07) is 7.20. The summed E-state index contributed by atoms with van der Waals surface area (Å²) in [7, 11) is 1.29. The van der Waals surface area contributed by atoms with E-state index in [0.717, 1.165) is 5.56 Å². The van der Waals surface area contributed by atoms with Crippen molar-refractivity contribution in [1.29, 1.82) is 0 Å². The van der Waals surface area contributed by atoms with Gasteiger partial charge in [0.05, 0.1) is 19.1 Å². The molecule has 1 amide bonds. The smallest absolute Gasteiger partial charge is 0.310 e. The monoisotopic (exact) mass is 349 g/mol. The van der Waals surface area contributed by atoms with Gasteiger partial charge in [0.25, 0.3) is 0 Å². The van der Waals surface area contributed by atoms with E-state index in [1.54, 1.807) is 26.0 Å². The zero-order chi connectivity index (χ0) is 19.0. The molecule has 0 saturated carbocycles. The number of rotatable bonds is 9. The van der Waals surface area contributed by atoms with Crippen molar-refractivity contribution in [2.24, 2.45) is 5.92 Å². The fourth-order valence-corrected chi connectivity index (χ4v) is 2.47. The highest BCUT2D eigenvalue weighted by molar-refractivity contribution is 5.98. The first-order valence-corrected chi connectivity index (χ1v) is 8.38. The third kappa shape index (κ3) is 7.05. The molecule has 138 valence electrons. The Morgan fingerprint density at radius 2 is 1.68 bits per heavy atom. The van der Waals surface area contributed by atoms with Gasteiger partial charge in [-0.25, -0.2) is 0 Å². The molecule has 0 heterocycles. The predicted octanol–water partition coefficient (Wildman–Crippen LogP) is 1.98. The largest absolute Gasteiger partial charge is 0.469 e. The number of aliphatic hydroxyl groups excluding tert-OH is 1. The Bertz CT molecular complexity index is 594. The van der Waals surface area contributed by atoms with Crippen molar-refractivity contribution in [3.8, 4) is 0 Å². The van der Waals surface area contributed by atoms with Gasteiger partial charge >= 0.3 is 5.97 Å². The van der Waals surface area contributed by atoms with E-state index in [1.807, 2.05) is 19.1 Å². The molecule has 25 heavy (non-hydrogen) atoms. The maximum absolute atomic E-state index is 12.4. The molecule has 1 rings (SSSR count). The molecule has 0 aliphatic rings. The van der Waals surface area contributed by atoms with Crippen LogP contribution in [0.5, 0.6) is 0 Å². The number of carbonyl (C=O) groups is 3. The number of hydrogen-bond donors (Lipinski definition) is 1. The highest BCUT2D eigenvalue weighted by Crippen LogP contribution is 2.11. The Hall–Kier alpha value is -2.21. The van der Waals surface area contributed by atoms with Gasteiger partial charge in [0, 0.05) is 31.5 Å². The van der Waals surface area contributed by atoms with Crippen LogP contribution < -0.4 is 0 Å². The van der Waals surface area contributed by atoms with Crippen LogP contribution in [0.15, 0.2) is 24.3 Å². The number of ketones is 1. The van der Waals surface area contributed by atoms with E-state index in [4.69, 9.17) is 0 Å². The topological polar surface area (TPSA) is 83.9 Å². The van der Waals surface area contributed by atoms with Gasteiger partial charge in [0.15, 0.2) is 5.78 Å². The minimum absolute atomic E-state index is 0.0350. The van der Waals surface area contributed by atoms with Crippen molar-refractivity contribution >= 4 is 17.7 Å². The van der Waals surface area contributed by atoms with Gasteiger partial charge in [-0.05, 0) is 13.8 Å². The van der Waals surface area contributed by atoms with Gasteiger partial charge in [0.2, 0.25) is 5.91 Å². The van der Waals surface area contributed by atoms with Crippen LogP contribution in [0.3, 0.4) is 0 Å². The van der Waals surface area contributed by atoms with E-state index >= 15 is 0 Å². The average molecular weight is 349 g/mol. The number of nitrogens with zero attached hydrogens (tertiary/aromatic N) is 1. The third-order valence-electron chi connectivity index (χ3n) is 3.87. The molecule has 1 aromatic carbocycles. The quantitative estimate of drug-likeness (QED) is 0.544. The Morgan fingerprint density at radius 1 is 1.08 bits per heavy atom. The van der Waals surface area contributed by atoms with Crippen LogP contribution in [0, 0.1) is 12.8 Å². The number of aliphatic hydroxyl groups is 1. The molecule has 0 aromatic heterocycles. The van der Waals surface area contributed by atoms with E-state index in [2.05, 4.69) is 4.74 Å². The number of esters is 1. The molecule has 1 aromatic rings. The lowest BCUT2D eigenvalue weighted by Gasteiger charge is -2.26. The van der Waals surface area contributed by atoms with Crippen LogP contribution in [0.4, 0.5) is 0 Å². The van der Waals surface area contributed by atoms with Gasteiger partial charge in [-0.1, -0.05) is 36.8 Å². The second-order valence-electron chi connectivity index (χ2n) is 6.36. The first-order valence-electron chi connectivity index (χ1n) is 8.38. The van der Waals surface area contributed by atoms with Crippen LogP contribution in [0.1, 0.15) is 42.6 Å². The number of hydrogen-bond acceptors (Lipinski definition) is 5. The van der Waals surface area contributed by atoms with Gasteiger partial charge < -0.3 is 14.7 Å². The van der Waals surface area contributed by atoms with Crippen molar-refractivity contribution in [2.75, 3.05) is 20.2 Å². The maximum Gasteiger partial charge on any atom is 0.310 e. The molecule has 0 fully saturated rings. The standard InChI is InChI=1S/C19H27NO5/c1-13-5-7-16(8-6-13)17(22)9-10-18(23)20(12-15(3)21)11-14(2)19(24)25-4/h5-8,14-15,21H,9-12H2,1-4H3. The summed E-state index contributed by atoms with van der Waals surface area (Å²) < 4.78 is 4.67. The molecule has 0 aliphatic heterocycles. The molecule has 0 bridgehead atoms.